The number of amides is 2. The van der Waals surface area contributed by atoms with E-state index in [0.717, 1.165) is 47.3 Å². The first-order chi connectivity index (χ1) is 18.7. The molecule has 200 valence electrons. The van der Waals surface area contributed by atoms with Crippen LogP contribution in [0.2, 0.25) is 0 Å². The summed E-state index contributed by atoms with van der Waals surface area (Å²) in [5, 5.41) is 3.13. The zero-order valence-corrected chi connectivity index (χ0v) is 22.7. The molecule has 3 N–H and O–H groups in total. The number of fused-ring (bicyclic) bond motifs is 1. The van der Waals surface area contributed by atoms with Crippen LogP contribution >= 0.6 is 0 Å². The lowest BCUT2D eigenvalue weighted by Crippen LogP contribution is -2.52. The molecular formula is C31H33N4O4+. The molecule has 0 spiro atoms. The highest BCUT2D eigenvalue weighted by atomic mass is 16.6. The van der Waals surface area contributed by atoms with E-state index in [1.54, 1.807) is 19.4 Å². The van der Waals surface area contributed by atoms with E-state index in [1.165, 1.54) is 0 Å². The second-order valence-corrected chi connectivity index (χ2v) is 10.4. The predicted octanol–water partition coefficient (Wildman–Crippen LogP) is 5.88. The Morgan fingerprint density at radius 3 is 2.33 bits per heavy atom. The number of alkyl carbamates (subject to hydrolysis) is 1. The summed E-state index contributed by atoms with van der Waals surface area (Å²) in [6.45, 7) is 5.59. The molecule has 0 saturated heterocycles. The van der Waals surface area contributed by atoms with E-state index < -0.39 is 23.1 Å². The van der Waals surface area contributed by atoms with Gasteiger partial charge in [0.05, 0.1) is 36.5 Å². The molecule has 0 unspecified atom stereocenters. The topological polar surface area (TPSA) is 108 Å². The number of methoxy groups -OCH3 is 1. The SMILES string of the molecule is C[CH+]C(C)(C)OC(=O)NC1(c2ccc(-c3nc4c(OC)cc(C(N)=O)cn4c3-c3ccccc3)cc2)CCC1. The lowest BCUT2D eigenvalue weighted by atomic mass is 9.71. The number of benzene rings is 2. The van der Waals surface area contributed by atoms with Crippen molar-refractivity contribution in [3.63, 3.8) is 0 Å². The van der Waals surface area contributed by atoms with E-state index >= 15 is 0 Å². The van der Waals surface area contributed by atoms with Crippen molar-refractivity contribution >= 4 is 17.6 Å². The first-order valence-electron chi connectivity index (χ1n) is 13.0. The minimum atomic E-state index is -0.648. The predicted molar refractivity (Wildman–Crippen MR) is 150 cm³/mol. The van der Waals surface area contributed by atoms with Crippen molar-refractivity contribution in [3.05, 3.63) is 84.4 Å². The number of hydrogen-bond acceptors (Lipinski definition) is 5. The maximum atomic E-state index is 12.7. The molecule has 2 aromatic heterocycles. The van der Waals surface area contributed by atoms with E-state index in [2.05, 4.69) is 5.32 Å². The van der Waals surface area contributed by atoms with E-state index in [4.69, 9.17) is 20.2 Å². The van der Waals surface area contributed by atoms with Crippen LogP contribution in [0.5, 0.6) is 5.75 Å². The molecule has 0 radical (unpaired) electrons. The quantitative estimate of drug-likeness (QED) is 0.279. The van der Waals surface area contributed by atoms with Crippen LogP contribution in [-0.4, -0.2) is 34.1 Å². The number of aromatic nitrogens is 2. The number of primary amides is 1. The Morgan fingerprint density at radius 2 is 1.77 bits per heavy atom. The number of ether oxygens (including phenoxy) is 2. The van der Waals surface area contributed by atoms with Crippen LogP contribution in [0.25, 0.3) is 28.2 Å². The van der Waals surface area contributed by atoms with Crippen LogP contribution in [0.15, 0.2) is 66.9 Å². The van der Waals surface area contributed by atoms with Gasteiger partial charge in [-0.3, -0.25) is 9.20 Å². The van der Waals surface area contributed by atoms with Crippen LogP contribution in [-0.2, 0) is 10.3 Å². The smallest absolute Gasteiger partial charge is 0.411 e. The van der Waals surface area contributed by atoms with Gasteiger partial charge in [0.2, 0.25) is 11.5 Å². The summed E-state index contributed by atoms with van der Waals surface area (Å²) in [5.74, 6) is -0.0967. The molecule has 8 heteroatoms. The van der Waals surface area contributed by atoms with Crippen LogP contribution in [0.4, 0.5) is 4.79 Å². The average Bonchev–Trinajstić information content (AvgIpc) is 3.30. The van der Waals surface area contributed by atoms with Crippen molar-refractivity contribution in [2.24, 2.45) is 5.73 Å². The van der Waals surface area contributed by atoms with Gasteiger partial charge in [0.15, 0.2) is 11.4 Å². The molecular weight excluding hydrogens is 492 g/mol. The van der Waals surface area contributed by atoms with Crippen LogP contribution in [0.1, 0.15) is 56.0 Å². The summed E-state index contributed by atoms with van der Waals surface area (Å²) in [7, 11) is 1.54. The highest BCUT2D eigenvalue weighted by Crippen LogP contribution is 2.43. The van der Waals surface area contributed by atoms with Crippen molar-refractivity contribution in [1.82, 2.24) is 14.7 Å². The average molecular weight is 526 g/mol. The molecule has 1 saturated carbocycles. The highest BCUT2D eigenvalue weighted by molar-refractivity contribution is 5.94. The van der Waals surface area contributed by atoms with Gasteiger partial charge < -0.3 is 20.5 Å². The molecule has 2 heterocycles. The maximum Gasteiger partial charge on any atom is 0.411 e. The Labute approximate surface area is 228 Å². The van der Waals surface area contributed by atoms with Gasteiger partial charge >= 0.3 is 6.09 Å². The van der Waals surface area contributed by atoms with E-state index in [9.17, 15) is 9.59 Å². The van der Waals surface area contributed by atoms with Crippen LogP contribution in [0, 0.1) is 6.42 Å². The zero-order chi connectivity index (χ0) is 27.8. The summed E-state index contributed by atoms with van der Waals surface area (Å²) < 4.78 is 13.1. The number of hydrogen-bond donors (Lipinski definition) is 2. The standard InChI is InChI=1S/C31H32N4O4/c1-5-30(2,3)39-29(37)34-31(16-9-17-31)23-14-12-20(13-15-23)25-26(21-10-7-6-8-11-21)35-19-22(27(32)36)18-24(38-4)28(35)33-25/h5-8,10-15,18-19H,9,16-17H2,1-4H3,(H2-,32,34,36,37)/p+1. The summed E-state index contributed by atoms with van der Waals surface area (Å²) in [5.41, 5.74) is 9.82. The first-order valence-corrected chi connectivity index (χ1v) is 13.0. The fraction of sp³-hybridized carbons (Fsp3) is 0.290. The third kappa shape index (κ3) is 4.90. The molecule has 5 rings (SSSR count). The zero-order valence-electron chi connectivity index (χ0n) is 22.7. The number of nitrogens with zero attached hydrogens (tertiary/aromatic N) is 2. The Hall–Kier alpha value is -4.46. The van der Waals surface area contributed by atoms with Gasteiger partial charge in [-0.15, -0.1) is 0 Å². The summed E-state index contributed by atoms with van der Waals surface area (Å²) >= 11 is 0. The normalized spacial score (nSPS) is 14.4. The molecule has 2 amide bonds. The van der Waals surface area contributed by atoms with Crippen molar-refractivity contribution in [2.75, 3.05) is 7.11 Å². The molecule has 39 heavy (non-hydrogen) atoms. The fourth-order valence-corrected chi connectivity index (χ4v) is 4.95. The van der Waals surface area contributed by atoms with Crippen molar-refractivity contribution in [1.29, 1.82) is 0 Å². The number of carbonyl (C=O) groups is 2. The molecule has 8 nitrogen and oxygen atoms in total. The maximum absolute atomic E-state index is 12.7. The van der Waals surface area contributed by atoms with Crippen molar-refractivity contribution in [2.45, 2.75) is 51.2 Å². The van der Waals surface area contributed by atoms with E-state index in [-0.39, 0.29) is 0 Å². The third-order valence-electron chi connectivity index (χ3n) is 7.55. The Bertz CT molecular complexity index is 1520. The molecule has 1 aliphatic carbocycles. The fourth-order valence-electron chi connectivity index (χ4n) is 4.95. The van der Waals surface area contributed by atoms with E-state index in [0.29, 0.717) is 17.0 Å². The lowest BCUT2D eigenvalue weighted by molar-refractivity contribution is 0.0455. The Balaban J connectivity index is 1.56. The number of carbonyl (C=O) groups excluding carboxylic acids is 2. The van der Waals surface area contributed by atoms with E-state index in [1.807, 2.05) is 86.2 Å². The molecule has 0 atom stereocenters. The lowest BCUT2D eigenvalue weighted by Gasteiger charge is -2.43. The van der Waals surface area contributed by atoms with Crippen molar-refractivity contribution in [3.8, 4) is 28.3 Å². The summed E-state index contributed by atoms with van der Waals surface area (Å²) in [4.78, 5) is 29.7. The van der Waals surface area contributed by atoms with Crippen LogP contribution in [0.3, 0.4) is 0 Å². The molecule has 4 aromatic rings. The van der Waals surface area contributed by atoms with Gasteiger partial charge in [0, 0.05) is 31.2 Å². The minimum absolute atomic E-state index is 0.324. The van der Waals surface area contributed by atoms with Gasteiger partial charge in [0.25, 0.3) is 0 Å². The molecule has 0 bridgehead atoms. The van der Waals surface area contributed by atoms with Crippen molar-refractivity contribution < 1.29 is 19.1 Å². The number of nitrogens with two attached hydrogens (primary N) is 1. The van der Waals surface area contributed by atoms with Gasteiger partial charge in [-0.2, -0.15) is 0 Å². The number of nitrogens with one attached hydrogen (secondary N) is 1. The molecule has 0 aliphatic heterocycles. The molecule has 1 fully saturated rings. The second-order valence-electron chi connectivity index (χ2n) is 10.4. The minimum Gasteiger partial charge on any atom is -0.493 e. The monoisotopic (exact) mass is 525 g/mol. The van der Waals surface area contributed by atoms with Gasteiger partial charge in [-0.25, -0.2) is 9.78 Å². The second kappa shape index (κ2) is 10.0. The highest BCUT2D eigenvalue weighted by Gasteiger charge is 2.42. The molecule has 1 aliphatic rings. The number of rotatable bonds is 8. The number of pyridine rings is 1. The Kier molecular flexibility index (Phi) is 6.72. The first kappa shape index (κ1) is 26.2. The van der Waals surface area contributed by atoms with Gasteiger partial charge in [-0.05, 0) is 30.9 Å². The summed E-state index contributed by atoms with van der Waals surface area (Å²) in [6.07, 6.45) is 5.84. The summed E-state index contributed by atoms with van der Waals surface area (Å²) in [6, 6.07) is 19.6. The third-order valence-corrected chi connectivity index (χ3v) is 7.55. The Morgan fingerprint density at radius 1 is 1.08 bits per heavy atom. The largest absolute Gasteiger partial charge is 0.493 e. The van der Waals surface area contributed by atoms with Gasteiger partial charge in [-0.1, -0.05) is 54.6 Å². The number of imidazole rings is 1. The molecule has 2 aromatic carbocycles. The van der Waals surface area contributed by atoms with Crippen LogP contribution < -0.4 is 15.8 Å². The van der Waals surface area contributed by atoms with Gasteiger partial charge in [0.1, 0.15) is 6.42 Å².